The van der Waals surface area contributed by atoms with E-state index in [9.17, 15) is 9.59 Å². The number of rotatable bonds is 2. The van der Waals surface area contributed by atoms with E-state index < -0.39 is 0 Å². The van der Waals surface area contributed by atoms with Gasteiger partial charge >= 0.3 is 0 Å². The summed E-state index contributed by atoms with van der Waals surface area (Å²) in [5.74, 6) is 0.361. The van der Waals surface area contributed by atoms with E-state index >= 15 is 0 Å². The molecule has 2 fully saturated rings. The molecule has 96 valence electrons. The average Bonchev–Trinajstić information content (AvgIpc) is 2.86. The second kappa shape index (κ2) is 5.07. The lowest BCUT2D eigenvalue weighted by molar-refractivity contribution is -0.131. The van der Waals surface area contributed by atoms with E-state index in [-0.39, 0.29) is 11.8 Å². The van der Waals surface area contributed by atoms with Crippen molar-refractivity contribution in [1.82, 2.24) is 9.80 Å². The molecular weight excluding hydrogens is 216 g/mol. The highest BCUT2D eigenvalue weighted by Gasteiger charge is 2.33. The van der Waals surface area contributed by atoms with E-state index in [1.807, 2.05) is 9.80 Å². The molecule has 0 radical (unpaired) electrons. The van der Waals surface area contributed by atoms with Crippen molar-refractivity contribution in [2.45, 2.75) is 58.0 Å². The van der Waals surface area contributed by atoms with E-state index in [0.29, 0.717) is 12.1 Å². The highest BCUT2D eigenvalue weighted by molar-refractivity contribution is 5.74. The van der Waals surface area contributed by atoms with Crippen molar-refractivity contribution in [2.75, 3.05) is 13.1 Å². The molecular formula is C13H22N2O2. The highest BCUT2D eigenvalue weighted by atomic mass is 16.2. The second-order valence-electron chi connectivity index (χ2n) is 5.25. The third-order valence-corrected chi connectivity index (χ3v) is 4.11. The van der Waals surface area contributed by atoms with Crippen molar-refractivity contribution >= 4 is 11.8 Å². The first-order valence-corrected chi connectivity index (χ1v) is 6.64. The van der Waals surface area contributed by atoms with E-state index in [1.54, 1.807) is 13.8 Å². The molecule has 2 atom stereocenters. The van der Waals surface area contributed by atoms with Crippen LogP contribution in [-0.4, -0.2) is 46.8 Å². The van der Waals surface area contributed by atoms with Crippen LogP contribution in [0.3, 0.4) is 0 Å². The molecule has 2 aliphatic rings. The van der Waals surface area contributed by atoms with E-state index in [1.165, 1.54) is 0 Å². The highest BCUT2D eigenvalue weighted by Crippen LogP contribution is 2.28. The Bertz CT molecular complexity index is 287. The fourth-order valence-electron chi connectivity index (χ4n) is 3.30. The quantitative estimate of drug-likeness (QED) is 0.729. The summed E-state index contributed by atoms with van der Waals surface area (Å²) in [6, 6.07) is 0.717. The Balaban J connectivity index is 1.96. The molecule has 0 N–H and O–H groups in total. The van der Waals surface area contributed by atoms with Crippen LogP contribution in [0.15, 0.2) is 0 Å². The van der Waals surface area contributed by atoms with Gasteiger partial charge < -0.3 is 9.80 Å². The standard InChI is InChI=1S/C13H22N2O2/c1-10(16)14-7-3-5-12(14)9-13-6-4-8-15(13)11(2)17/h12-13H,3-9H2,1-2H3. The zero-order valence-corrected chi connectivity index (χ0v) is 10.8. The van der Waals surface area contributed by atoms with Crippen LogP contribution in [0.2, 0.25) is 0 Å². The average molecular weight is 238 g/mol. The van der Waals surface area contributed by atoms with Gasteiger partial charge in [-0.1, -0.05) is 0 Å². The lowest BCUT2D eigenvalue weighted by Crippen LogP contribution is -2.41. The summed E-state index contributed by atoms with van der Waals surface area (Å²) in [5.41, 5.74) is 0. The van der Waals surface area contributed by atoms with Crippen molar-refractivity contribution < 1.29 is 9.59 Å². The zero-order chi connectivity index (χ0) is 12.4. The van der Waals surface area contributed by atoms with Gasteiger partial charge in [0.2, 0.25) is 11.8 Å². The summed E-state index contributed by atoms with van der Waals surface area (Å²) in [5, 5.41) is 0. The van der Waals surface area contributed by atoms with Crippen LogP contribution in [0.25, 0.3) is 0 Å². The number of likely N-dealkylation sites (tertiary alicyclic amines) is 2. The van der Waals surface area contributed by atoms with Crippen LogP contribution in [0.1, 0.15) is 46.0 Å². The topological polar surface area (TPSA) is 40.6 Å². The normalized spacial score (nSPS) is 28.8. The van der Waals surface area contributed by atoms with Gasteiger partial charge in [-0.15, -0.1) is 0 Å². The number of hydrogen-bond donors (Lipinski definition) is 0. The lowest BCUT2D eigenvalue weighted by Gasteiger charge is -2.30. The molecule has 0 saturated carbocycles. The van der Waals surface area contributed by atoms with E-state index in [0.717, 1.165) is 45.2 Å². The first-order chi connectivity index (χ1) is 8.09. The minimum Gasteiger partial charge on any atom is -0.340 e. The summed E-state index contributed by atoms with van der Waals surface area (Å²) in [7, 11) is 0. The van der Waals surface area contributed by atoms with Gasteiger partial charge in [-0.3, -0.25) is 9.59 Å². The fraction of sp³-hybridized carbons (Fsp3) is 0.846. The summed E-state index contributed by atoms with van der Waals surface area (Å²) in [4.78, 5) is 26.9. The van der Waals surface area contributed by atoms with Gasteiger partial charge in [0.1, 0.15) is 0 Å². The minimum absolute atomic E-state index is 0.180. The summed E-state index contributed by atoms with van der Waals surface area (Å²) >= 11 is 0. The zero-order valence-electron chi connectivity index (χ0n) is 10.8. The van der Waals surface area contributed by atoms with Gasteiger partial charge in [0.05, 0.1) is 0 Å². The van der Waals surface area contributed by atoms with Crippen LogP contribution in [-0.2, 0) is 9.59 Å². The predicted octanol–water partition coefficient (Wildman–Crippen LogP) is 1.40. The largest absolute Gasteiger partial charge is 0.340 e. The molecule has 0 aromatic carbocycles. The molecule has 0 aromatic rings. The maximum absolute atomic E-state index is 11.5. The number of nitrogens with zero attached hydrogens (tertiary/aromatic N) is 2. The Labute approximate surface area is 103 Å². The van der Waals surface area contributed by atoms with Gasteiger partial charge in [-0.2, -0.15) is 0 Å². The third kappa shape index (κ3) is 2.61. The Morgan fingerprint density at radius 1 is 0.941 bits per heavy atom. The van der Waals surface area contributed by atoms with Gasteiger partial charge in [0.15, 0.2) is 0 Å². The monoisotopic (exact) mass is 238 g/mol. The van der Waals surface area contributed by atoms with Gasteiger partial charge in [0.25, 0.3) is 0 Å². The van der Waals surface area contributed by atoms with Crippen molar-refractivity contribution in [3.8, 4) is 0 Å². The molecule has 0 bridgehead atoms. The molecule has 2 saturated heterocycles. The van der Waals surface area contributed by atoms with E-state index in [4.69, 9.17) is 0 Å². The molecule has 2 heterocycles. The van der Waals surface area contributed by atoms with Crippen LogP contribution >= 0.6 is 0 Å². The Morgan fingerprint density at radius 3 is 1.71 bits per heavy atom. The molecule has 0 spiro atoms. The summed E-state index contributed by atoms with van der Waals surface area (Å²) in [6.07, 6.45) is 5.39. The predicted molar refractivity (Wildman–Crippen MR) is 65.4 cm³/mol. The second-order valence-corrected chi connectivity index (χ2v) is 5.25. The van der Waals surface area contributed by atoms with Gasteiger partial charge in [-0.05, 0) is 32.1 Å². The number of hydrogen-bond acceptors (Lipinski definition) is 2. The Morgan fingerprint density at radius 2 is 1.35 bits per heavy atom. The van der Waals surface area contributed by atoms with Crippen LogP contribution < -0.4 is 0 Å². The summed E-state index contributed by atoms with van der Waals surface area (Å²) < 4.78 is 0. The third-order valence-electron chi connectivity index (χ3n) is 4.11. The molecule has 2 rings (SSSR count). The van der Waals surface area contributed by atoms with Gasteiger partial charge in [0, 0.05) is 39.0 Å². The first-order valence-electron chi connectivity index (χ1n) is 6.64. The Kier molecular flexibility index (Phi) is 3.69. The van der Waals surface area contributed by atoms with Crippen molar-refractivity contribution in [2.24, 2.45) is 0 Å². The summed E-state index contributed by atoms with van der Waals surface area (Å²) in [6.45, 7) is 5.09. The smallest absolute Gasteiger partial charge is 0.219 e. The Hall–Kier alpha value is -1.06. The minimum atomic E-state index is 0.180. The van der Waals surface area contributed by atoms with Crippen LogP contribution in [0.4, 0.5) is 0 Å². The van der Waals surface area contributed by atoms with E-state index in [2.05, 4.69) is 0 Å². The maximum Gasteiger partial charge on any atom is 0.219 e. The van der Waals surface area contributed by atoms with Gasteiger partial charge in [-0.25, -0.2) is 0 Å². The van der Waals surface area contributed by atoms with Crippen molar-refractivity contribution in [3.63, 3.8) is 0 Å². The first kappa shape index (κ1) is 12.4. The molecule has 4 nitrogen and oxygen atoms in total. The number of amides is 2. The van der Waals surface area contributed by atoms with Crippen molar-refractivity contribution in [3.05, 3.63) is 0 Å². The fourth-order valence-corrected chi connectivity index (χ4v) is 3.30. The molecule has 0 aromatic heterocycles. The van der Waals surface area contributed by atoms with Crippen LogP contribution in [0, 0.1) is 0 Å². The molecule has 17 heavy (non-hydrogen) atoms. The number of carbonyl (C=O) groups is 2. The molecule has 4 heteroatoms. The number of carbonyl (C=O) groups excluding carboxylic acids is 2. The lowest BCUT2D eigenvalue weighted by atomic mass is 10.0. The van der Waals surface area contributed by atoms with Crippen molar-refractivity contribution in [1.29, 1.82) is 0 Å². The molecule has 2 amide bonds. The molecule has 2 unspecified atom stereocenters. The maximum atomic E-state index is 11.5. The molecule has 0 aliphatic carbocycles. The molecule has 2 aliphatic heterocycles. The van der Waals surface area contributed by atoms with Crippen LogP contribution in [0.5, 0.6) is 0 Å². The SMILES string of the molecule is CC(=O)N1CCCC1CC1CCCN1C(C)=O.